The molecular formula is C20H22N4O2. The van der Waals surface area contributed by atoms with Crippen LogP contribution in [-0.2, 0) is 22.4 Å². The van der Waals surface area contributed by atoms with E-state index in [0.717, 1.165) is 22.0 Å². The molecule has 0 saturated carbocycles. The number of amides is 2. The van der Waals surface area contributed by atoms with Crippen molar-refractivity contribution >= 4 is 22.7 Å². The molecule has 2 amide bonds. The molecule has 6 heteroatoms. The molecule has 3 aromatic rings. The largest absolute Gasteiger partial charge is 0.368 e. The molecule has 0 saturated heterocycles. The first kappa shape index (κ1) is 17.7. The summed E-state index contributed by atoms with van der Waals surface area (Å²) in [6.07, 6.45) is 2.53. The minimum absolute atomic E-state index is 0.309. The van der Waals surface area contributed by atoms with Crippen molar-refractivity contribution in [1.29, 1.82) is 0 Å². The Labute approximate surface area is 151 Å². The second-order valence-corrected chi connectivity index (χ2v) is 6.32. The minimum atomic E-state index is -0.816. The number of aromatic nitrogens is 1. The van der Waals surface area contributed by atoms with E-state index in [1.54, 1.807) is 0 Å². The summed E-state index contributed by atoms with van der Waals surface area (Å²) in [4.78, 5) is 27.4. The van der Waals surface area contributed by atoms with Crippen molar-refractivity contribution in [2.45, 2.75) is 24.9 Å². The van der Waals surface area contributed by atoms with E-state index in [0.29, 0.717) is 12.8 Å². The second-order valence-electron chi connectivity index (χ2n) is 6.32. The van der Waals surface area contributed by atoms with Gasteiger partial charge in [0.1, 0.15) is 6.04 Å². The third-order valence-corrected chi connectivity index (χ3v) is 4.39. The van der Waals surface area contributed by atoms with E-state index in [2.05, 4.69) is 10.3 Å². The number of primary amides is 1. The number of hydrogen-bond donors (Lipinski definition) is 4. The van der Waals surface area contributed by atoms with E-state index in [4.69, 9.17) is 11.5 Å². The fraction of sp³-hybridized carbons (Fsp3) is 0.200. The Kier molecular flexibility index (Phi) is 5.34. The molecule has 0 spiro atoms. The third kappa shape index (κ3) is 4.10. The molecule has 6 nitrogen and oxygen atoms in total. The van der Waals surface area contributed by atoms with Gasteiger partial charge in [-0.3, -0.25) is 9.59 Å². The molecule has 0 unspecified atom stereocenters. The lowest BCUT2D eigenvalue weighted by molar-refractivity contribution is -0.128. The second kappa shape index (κ2) is 7.84. The number of fused-ring (bicyclic) bond motifs is 1. The summed E-state index contributed by atoms with van der Waals surface area (Å²) in [6.45, 7) is 0. The predicted octanol–water partition coefficient (Wildman–Crippen LogP) is 1.25. The number of carbonyl (C=O) groups is 2. The Balaban J connectivity index is 1.68. The highest BCUT2D eigenvalue weighted by Crippen LogP contribution is 2.19. The average molecular weight is 350 g/mol. The predicted molar refractivity (Wildman–Crippen MR) is 101 cm³/mol. The number of benzene rings is 2. The van der Waals surface area contributed by atoms with Crippen LogP contribution in [-0.4, -0.2) is 28.9 Å². The Morgan fingerprint density at radius 3 is 2.42 bits per heavy atom. The van der Waals surface area contributed by atoms with Crippen LogP contribution in [0, 0.1) is 0 Å². The zero-order valence-corrected chi connectivity index (χ0v) is 14.3. The summed E-state index contributed by atoms with van der Waals surface area (Å²) in [5.74, 6) is -0.979. The van der Waals surface area contributed by atoms with Crippen LogP contribution in [0.15, 0.2) is 60.8 Å². The SMILES string of the molecule is NC(=O)[C@@H](Cc1c[nH]c2ccccc12)NC(=O)[C@H](N)Cc1ccccc1. The smallest absolute Gasteiger partial charge is 0.240 e. The van der Waals surface area contributed by atoms with Gasteiger partial charge in [0.05, 0.1) is 6.04 Å². The number of aromatic amines is 1. The highest BCUT2D eigenvalue weighted by molar-refractivity contribution is 5.90. The molecule has 134 valence electrons. The molecule has 0 bridgehead atoms. The van der Waals surface area contributed by atoms with Crippen molar-refractivity contribution in [1.82, 2.24) is 10.3 Å². The molecule has 0 aliphatic rings. The number of para-hydroxylation sites is 1. The molecule has 0 fully saturated rings. The number of nitrogens with one attached hydrogen (secondary N) is 2. The Morgan fingerprint density at radius 1 is 1.00 bits per heavy atom. The number of nitrogens with two attached hydrogens (primary N) is 2. The standard InChI is InChI=1S/C20H22N4O2/c21-16(10-13-6-2-1-3-7-13)20(26)24-18(19(22)25)11-14-12-23-17-9-5-4-8-15(14)17/h1-9,12,16,18,23H,10-11,21H2,(H2,22,25)(H,24,26)/t16-,18-/m1/s1. The molecule has 2 atom stereocenters. The van der Waals surface area contributed by atoms with Gasteiger partial charge in [-0.25, -0.2) is 0 Å². The monoisotopic (exact) mass is 350 g/mol. The van der Waals surface area contributed by atoms with E-state index >= 15 is 0 Å². The minimum Gasteiger partial charge on any atom is -0.368 e. The lowest BCUT2D eigenvalue weighted by atomic mass is 10.0. The van der Waals surface area contributed by atoms with Crippen LogP contribution in [0.5, 0.6) is 0 Å². The van der Waals surface area contributed by atoms with Gasteiger partial charge in [-0.15, -0.1) is 0 Å². The van der Waals surface area contributed by atoms with Gasteiger partial charge in [-0.2, -0.15) is 0 Å². The Bertz CT molecular complexity index is 904. The third-order valence-electron chi connectivity index (χ3n) is 4.39. The van der Waals surface area contributed by atoms with E-state index in [1.807, 2.05) is 60.8 Å². The van der Waals surface area contributed by atoms with Crippen LogP contribution in [0.2, 0.25) is 0 Å². The van der Waals surface area contributed by atoms with E-state index < -0.39 is 23.9 Å². The normalized spacial score (nSPS) is 13.3. The first-order valence-electron chi connectivity index (χ1n) is 8.49. The fourth-order valence-corrected chi connectivity index (χ4v) is 2.98. The number of rotatable bonds is 7. The molecule has 1 heterocycles. The van der Waals surface area contributed by atoms with Gasteiger partial charge in [0.25, 0.3) is 0 Å². The van der Waals surface area contributed by atoms with Gasteiger partial charge in [0.2, 0.25) is 11.8 Å². The highest BCUT2D eigenvalue weighted by atomic mass is 16.2. The summed E-state index contributed by atoms with van der Waals surface area (Å²) < 4.78 is 0. The van der Waals surface area contributed by atoms with Gasteiger partial charge < -0.3 is 21.8 Å². The molecule has 0 aliphatic heterocycles. The summed E-state index contributed by atoms with van der Waals surface area (Å²) >= 11 is 0. The fourth-order valence-electron chi connectivity index (χ4n) is 2.98. The quantitative estimate of drug-likeness (QED) is 0.514. The molecule has 0 aliphatic carbocycles. The number of H-pyrrole nitrogens is 1. The van der Waals surface area contributed by atoms with Crippen LogP contribution >= 0.6 is 0 Å². The van der Waals surface area contributed by atoms with E-state index in [-0.39, 0.29) is 0 Å². The van der Waals surface area contributed by atoms with Crippen LogP contribution in [0.1, 0.15) is 11.1 Å². The first-order chi connectivity index (χ1) is 12.5. The molecule has 3 rings (SSSR count). The maximum Gasteiger partial charge on any atom is 0.240 e. The Morgan fingerprint density at radius 2 is 1.69 bits per heavy atom. The summed E-state index contributed by atoms with van der Waals surface area (Å²) in [7, 11) is 0. The van der Waals surface area contributed by atoms with Gasteiger partial charge in [-0.1, -0.05) is 48.5 Å². The maximum absolute atomic E-state index is 12.4. The van der Waals surface area contributed by atoms with Crippen LogP contribution in [0.25, 0.3) is 10.9 Å². The van der Waals surface area contributed by atoms with Crippen molar-refractivity contribution < 1.29 is 9.59 Å². The van der Waals surface area contributed by atoms with Crippen LogP contribution in [0.4, 0.5) is 0 Å². The van der Waals surface area contributed by atoms with Gasteiger partial charge >= 0.3 is 0 Å². The number of carbonyl (C=O) groups excluding carboxylic acids is 2. The first-order valence-corrected chi connectivity index (χ1v) is 8.49. The molecular weight excluding hydrogens is 328 g/mol. The summed E-state index contributed by atoms with van der Waals surface area (Å²) in [5, 5.41) is 3.69. The lowest BCUT2D eigenvalue weighted by Crippen LogP contribution is -2.51. The molecule has 26 heavy (non-hydrogen) atoms. The molecule has 0 radical (unpaired) electrons. The van der Waals surface area contributed by atoms with Crippen molar-refractivity contribution in [3.05, 3.63) is 71.9 Å². The average Bonchev–Trinajstić information content (AvgIpc) is 3.05. The zero-order chi connectivity index (χ0) is 18.5. The van der Waals surface area contributed by atoms with E-state index in [1.165, 1.54) is 0 Å². The molecule has 2 aromatic carbocycles. The van der Waals surface area contributed by atoms with Crippen molar-refractivity contribution in [3.8, 4) is 0 Å². The van der Waals surface area contributed by atoms with Crippen molar-refractivity contribution in [3.63, 3.8) is 0 Å². The molecule has 6 N–H and O–H groups in total. The summed E-state index contributed by atoms with van der Waals surface area (Å²) in [5.41, 5.74) is 14.3. The van der Waals surface area contributed by atoms with Crippen LogP contribution in [0.3, 0.4) is 0 Å². The topological polar surface area (TPSA) is 114 Å². The lowest BCUT2D eigenvalue weighted by Gasteiger charge is -2.18. The maximum atomic E-state index is 12.4. The highest BCUT2D eigenvalue weighted by Gasteiger charge is 2.23. The van der Waals surface area contributed by atoms with E-state index in [9.17, 15) is 9.59 Å². The van der Waals surface area contributed by atoms with Crippen molar-refractivity contribution in [2.75, 3.05) is 0 Å². The Hall–Kier alpha value is -3.12. The molecule has 1 aromatic heterocycles. The summed E-state index contributed by atoms with van der Waals surface area (Å²) in [6, 6.07) is 15.7. The zero-order valence-electron chi connectivity index (χ0n) is 14.3. The van der Waals surface area contributed by atoms with Gasteiger partial charge in [0, 0.05) is 23.5 Å². The van der Waals surface area contributed by atoms with Gasteiger partial charge in [-0.05, 0) is 23.6 Å². The van der Waals surface area contributed by atoms with Gasteiger partial charge in [0.15, 0.2) is 0 Å². The number of hydrogen-bond acceptors (Lipinski definition) is 3. The van der Waals surface area contributed by atoms with Crippen LogP contribution < -0.4 is 16.8 Å². The van der Waals surface area contributed by atoms with Crippen molar-refractivity contribution in [2.24, 2.45) is 11.5 Å².